The topological polar surface area (TPSA) is 107 Å². The molecule has 1 aromatic carbocycles. The van der Waals surface area contributed by atoms with Crippen LogP contribution in [0, 0.1) is 5.92 Å². The van der Waals surface area contributed by atoms with Crippen molar-refractivity contribution < 1.29 is 4.79 Å². The van der Waals surface area contributed by atoms with E-state index in [0.717, 1.165) is 0 Å². The Balaban J connectivity index is 2.34. The second kappa shape index (κ2) is 6.09. The number of aromatic amines is 1. The lowest BCUT2D eigenvalue weighted by Gasteiger charge is -2.08. The molecule has 3 aromatic rings. The van der Waals surface area contributed by atoms with Crippen LogP contribution in [0.15, 0.2) is 29.1 Å². The summed E-state index contributed by atoms with van der Waals surface area (Å²) in [7, 11) is 0. The lowest BCUT2D eigenvalue weighted by atomic mass is 10.1. The maximum Gasteiger partial charge on any atom is 0.332 e. The molecule has 3 rings (SSSR count). The third-order valence-corrected chi connectivity index (χ3v) is 3.71. The maximum atomic E-state index is 12.4. The number of amides is 1. The molecule has 0 spiro atoms. The number of carbonyl (C=O) groups excluding carboxylic acids is 1. The molecular weight excluding hydrogens is 330 g/mol. The fourth-order valence-corrected chi connectivity index (χ4v) is 2.70. The zero-order chi connectivity index (χ0) is 17.4. The molecule has 2 aromatic heterocycles. The van der Waals surface area contributed by atoms with E-state index in [9.17, 15) is 9.59 Å². The van der Waals surface area contributed by atoms with Gasteiger partial charge in [-0.2, -0.15) is 0 Å². The SMILES string of the molecule is CC(C)Cc1nc(C(N)=O)c2[nH]c(=O)n(-c3cccc(Cl)c3)c2n1. The van der Waals surface area contributed by atoms with Crippen molar-refractivity contribution in [1.29, 1.82) is 0 Å². The van der Waals surface area contributed by atoms with E-state index < -0.39 is 11.6 Å². The third kappa shape index (κ3) is 2.90. The minimum Gasteiger partial charge on any atom is -0.364 e. The molecule has 0 bridgehead atoms. The van der Waals surface area contributed by atoms with E-state index in [-0.39, 0.29) is 17.1 Å². The first-order valence-corrected chi connectivity index (χ1v) is 7.82. The maximum absolute atomic E-state index is 12.4. The number of primary amides is 1. The number of imidazole rings is 1. The van der Waals surface area contributed by atoms with E-state index in [1.165, 1.54) is 4.57 Å². The Hall–Kier alpha value is -2.67. The lowest BCUT2D eigenvalue weighted by Crippen LogP contribution is -2.17. The molecule has 0 atom stereocenters. The highest BCUT2D eigenvalue weighted by Gasteiger charge is 2.19. The molecule has 0 aliphatic rings. The third-order valence-electron chi connectivity index (χ3n) is 3.47. The van der Waals surface area contributed by atoms with Crippen LogP contribution in [0.3, 0.4) is 0 Å². The number of nitrogens with one attached hydrogen (secondary N) is 1. The predicted molar refractivity (Wildman–Crippen MR) is 91.6 cm³/mol. The summed E-state index contributed by atoms with van der Waals surface area (Å²) >= 11 is 6.01. The second-order valence-corrected chi connectivity index (χ2v) is 6.33. The fraction of sp³-hybridized carbons (Fsp3) is 0.250. The molecule has 8 heteroatoms. The van der Waals surface area contributed by atoms with E-state index >= 15 is 0 Å². The highest BCUT2D eigenvalue weighted by Crippen LogP contribution is 2.19. The molecular formula is C16H16ClN5O2. The number of rotatable bonds is 4. The van der Waals surface area contributed by atoms with Gasteiger partial charge in [0.1, 0.15) is 11.3 Å². The highest BCUT2D eigenvalue weighted by molar-refractivity contribution is 6.30. The molecule has 0 unspecified atom stereocenters. The van der Waals surface area contributed by atoms with Crippen LogP contribution in [-0.2, 0) is 6.42 Å². The fourth-order valence-electron chi connectivity index (χ4n) is 2.52. The van der Waals surface area contributed by atoms with Gasteiger partial charge >= 0.3 is 5.69 Å². The van der Waals surface area contributed by atoms with Crippen molar-refractivity contribution in [3.63, 3.8) is 0 Å². The number of benzene rings is 1. The van der Waals surface area contributed by atoms with E-state index in [1.54, 1.807) is 24.3 Å². The van der Waals surface area contributed by atoms with Gasteiger partial charge in [-0.05, 0) is 24.1 Å². The average molecular weight is 346 g/mol. The van der Waals surface area contributed by atoms with Crippen molar-refractivity contribution in [2.75, 3.05) is 0 Å². The first kappa shape index (κ1) is 16.2. The summed E-state index contributed by atoms with van der Waals surface area (Å²) in [4.78, 5) is 35.4. The average Bonchev–Trinajstić information content (AvgIpc) is 2.81. The Morgan fingerprint density at radius 2 is 2.12 bits per heavy atom. The van der Waals surface area contributed by atoms with Gasteiger partial charge in [0.15, 0.2) is 11.3 Å². The summed E-state index contributed by atoms with van der Waals surface area (Å²) in [6.45, 7) is 4.03. The van der Waals surface area contributed by atoms with E-state index in [0.29, 0.717) is 28.6 Å². The molecule has 0 radical (unpaired) electrons. The summed E-state index contributed by atoms with van der Waals surface area (Å²) in [5.41, 5.74) is 6.06. The number of hydrogen-bond donors (Lipinski definition) is 2. The highest BCUT2D eigenvalue weighted by atomic mass is 35.5. The molecule has 1 amide bonds. The molecule has 0 fully saturated rings. The lowest BCUT2D eigenvalue weighted by molar-refractivity contribution is 0.0996. The number of nitrogens with two attached hydrogens (primary N) is 1. The number of aromatic nitrogens is 4. The minimum atomic E-state index is -0.716. The largest absolute Gasteiger partial charge is 0.364 e. The van der Waals surface area contributed by atoms with Crippen LogP contribution in [-0.4, -0.2) is 25.4 Å². The van der Waals surface area contributed by atoms with Gasteiger partial charge in [-0.25, -0.2) is 19.3 Å². The molecule has 0 aliphatic carbocycles. The Morgan fingerprint density at radius 3 is 2.75 bits per heavy atom. The van der Waals surface area contributed by atoms with Gasteiger partial charge in [-0.1, -0.05) is 31.5 Å². The molecule has 24 heavy (non-hydrogen) atoms. The molecule has 0 saturated carbocycles. The number of hydrogen-bond acceptors (Lipinski definition) is 4. The van der Waals surface area contributed by atoms with Crippen LogP contribution >= 0.6 is 11.6 Å². The normalized spacial score (nSPS) is 11.3. The standard InChI is InChI=1S/C16H16ClN5O2/c1-8(2)6-11-19-12(14(18)23)13-15(20-11)22(16(24)21-13)10-5-3-4-9(17)7-10/h3-5,7-8H,6H2,1-2H3,(H2,18,23)(H,21,24). The Morgan fingerprint density at radius 1 is 1.38 bits per heavy atom. The van der Waals surface area contributed by atoms with Gasteiger partial charge < -0.3 is 10.7 Å². The van der Waals surface area contributed by atoms with Crippen LogP contribution in [0.4, 0.5) is 0 Å². The smallest absolute Gasteiger partial charge is 0.332 e. The number of fused-ring (bicyclic) bond motifs is 1. The van der Waals surface area contributed by atoms with Crippen molar-refractivity contribution in [3.05, 3.63) is 51.3 Å². The number of halogens is 1. The van der Waals surface area contributed by atoms with Gasteiger partial charge in [0.2, 0.25) is 0 Å². The Bertz CT molecular complexity index is 990. The summed E-state index contributed by atoms with van der Waals surface area (Å²) in [5, 5.41) is 0.486. The van der Waals surface area contributed by atoms with Gasteiger partial charge in [0.05, 0.1) is 5.69 Å². The number of nitrogens with zero attached hydrogens (tertiary/aromatic N) is 3. The molecule has 0 aliphatic heterocycles. The zero-order valence-electron chi connectivity index (χ0n) is 13.2. The predicted octanol–water partition coefficient (Wildman–Crippen LogP) is 2.06. The summed E-state index contributed by atoms with van der Waals surface area (Å²) in [6, 6.07) is 6.81. The van der Waals surface area contributed by atoms with E-state index in [2.05, 4.69) is 15.0 Å². The summed E-state index contributed by atoms with van der Waals surface area (Å²) in [5.74, 6) is 0.0291. The second-order valence-electron chi connectivity index (χ2n) is 5.89. The Kier molecular flexibility index (Phi) is 4.11. The molecule has 124 valence electrons. The van der Waals surface area contributed by atoms with Gasteiger partial charge in [0.25, 0.3) is 5.91 Å². The van der Waals surface area contributed by atoms with Crippen LogP contribution in [0.2, 0.25) is 5.02 Å². The minimum absolute atomic E-state index is 0.00790. The Labute approximate surface area is 142 Å². The zero-order valence-corrected chi connectivity index (χ0v) is 14.0. The van der Waals surface area contributed by atoms with E-state index in [1.807, 2.05) is 13.8 Å². The first-order chi connectivity index (χ1) is 11.4. The molecule has 0 saturated heterocycles. The van der Waals surface area contributed by atoms with Crippen molar-refractivity contribution in [1.82, 2.24) is 19.5 Å². The van der Waals surface area contributed by atoms with Gasteiger partial charge in [0, 0.05) is 11.4 Å². The molecule has 2 heterocycles. The quantitative estimate of drug-likeness (QED) is 0.754. The van der Waals surface area contributed by atoms with Crippen molar-refractivity contribution in [3.8, 4) is 5.69 Å². The number of carbonyl (C=O) groups is 1. The van der Waals surface area contributed by atoms with Crippen LogP contribution in [0.5, 0.6) is 0 Å². The number of H-pyrrole nitrogens is 1. The molecule has 7 nitrogen and oxygen atoms in total. The monoisotopic (exact) mass is 345 g/mol. The van der Waals surface area contributed by atoms with Gasteiger partial charge in [-0.15, -0.1) is 0 Å². The van der Waals surface area contributed by atoms with Crippen molar-refractivity contribution in [2.24, 2.45) is 11.7 Å². The van der Waals surface area contributed by atoms with Crippen LogP contribution < -0.4 is 11.4 Å². The van der Waals surface area contributed by atoms with Crippen molar-refractivity contribution >= 4 is 28.7 Å². The van der Waals surface area contributed by atoms with Crippen LogP contribution in [0.1, 0.15) is 30.2 Å². The summed E-state index contributed by atoms with van der Waals surface area (Å²) < 4.78 is 1.36. The first-order valence-electron chi connectivity index (χ1n) is 7.44. The van der Waals surface area contributed by atoms with Crippen LogP contribution in [0.25, 0.3) is 16.9 Å². The molecule has 3 N–H and O–H groups in total. The summed E-state index contributed by atoms with van der Waals surface area (Å²) in [6.07, 6.45) is 0.561. The van der Waals surface area contributed by atoms with Crippen molar-refractivity contribution in [2.45, 2.75) is 20.3 Å². The van der Waals surface area contributed by atoms with E-state index in [4.69, 9.17) is 17.3 Å². The van der Waals surface area contributed by atoms with Gasteiger partial charge in [-0.3, -0.25) is 4.79 Å².